The van der Waals surface area contributed by atoms with Crippen LogP contribution in [-0.2, 0) is 16.0 Å². The lowest BCUT2D eigenvalue weighted by Gasteiger charge is -2.30. The minimum absolute atomic E-state index is 0.0620. The molecule has 1 aliphatic heterocycles. The summed E-state index contributed by atoms with van der Waals surface area (Å²) in [7, 11) is 0. The molecule has 0 radical (unpaired) electrons. The molecule has 1 aromatic rings. The van der Waals surface area contributed by atoms with Crippen LogP contribution in [0.3, 0.4) is 0 Å². The smallest absolute Gasteiger partial charge is 0.239 e. The third-order valence-corrected chi connectivity index (χ3v) is 3.67. The maximum atomic E-state index is 12.2. The number of piperazine rings is 1. The Morgan fingerprint density at radius 2 is 2.05 bits per heavy atom. The number of carbonyl (C=O) groups excluding carboxylic acids is 2. The van der Waals surface area contributed by atoms with Gasteiger partial charge in [0.2, 0.25) is 11.8 Å². The summed E-state index contributed by atoms with van der Waals surface area (Å²) in [5, 5.41) is 8.69. The molecule has 1 unspecified atom stereocenters. The van der Waals surface area contributed by atoms with Crippen LogP contribution < -0.4 is 16.0 Å². The van der Waals surface area contributed by atoms with Gasteiger partial charge in [0.25, 0.3) is 0 Å². The van der Waals surface area contributed by atoms with Crippen molar-refractivity contribution in [2.75, 3.05) is 13.1 Å². The van der Waals surface area contributed by atoms with Gasteiger partial charge in [0.05, 0.1) is 6.54 Å². The highest BCUT2D eigenvalue weighted by atomic mass is 16.2. The molecular weight excluding hydrogens is 266 g/mol. The van der Waals surface area contributed by atoms with E-state index >= 15 is 0 Å². The van der Waals surface area contributed by atoms with Crippen molar-refractivity contribution < 1.29 is 9.59 Å². The van der Waals surface area contributed by atoms with E-state index in [0.717, 1.165) is 12.8 Å². The summed E-state index contributed by atoms with van der Waals surface area (Å²) in [5.41, 5.74) is 0.985. The summed E-state index contributed by atoms with van der Waals surface area (Å²) in [6, 6.07) is 9.88. The summed E-state index contributed by atoms with van der Waals surface area (Å²) in [6.45, 7) is 4.59. The maximum absolute atomic E-state index is 12.2. The van der Waals surface area contributed by atoms with Crippen molar-refractivity contribution in [1.82, 2.24) is 16.0 Å². The molecule has 0 bridgehead atoms. The van der Waals surface area contributed by atoms with E-state index in [1.165, 1.54) is 5.56 Å². The van der Waals surface area contributed by atoms with Crippen molar-refractivity contribution >= 4 is 11.8 Å². The summed E-state index contributed by atoms with van der Waals surface area (Å²) < 4.78 is 0. The van der Waals surface area contributed by atoms with Crippen molar-refractivity contribution in [3.05, 3.63) is 35.9 Å². The number of benzene rings is 1. The first-order chi connectivity index (χ1) is 9.96. The molecule has 1 fully saturated rings. The zero-order chi connectivity index (χ0) is 15.3. The summed E-state index contributed by atoms with van der Waals surface area (Å²) in [6.07, 6.45) is 1.78. The van der Waals surface area contributed by atoms with Crippen LogP contribution in [0.5, 0.6) is 0 Å². The van der Waals surface area contributed by atoms with E-state index < -0.39 is 0 Å². The van der Waals surface area contributed by atoms with Gasteiger partial charge in [-0.3, -0.25) is 14.9 Å². The fourth-order valence-corrected chi connectivity index (χ4v) is 2.34. The average molecular weight is 289 g/mol. The Morgan fingerprint density at radius 1 is 1.33 bits per heavy atom. The van der Waals surface area contributed by atoms with Gasteiger partial charge in [0.1, 0.15) is 6.04 Å². The number of aryl methyl sites for hydroxylation is 1. The van der Waals surface area contributed by atoms with Gasteiger partial charge in [0.15, 0.2) is 0 Å². The Morgan fingerprint density at radius 3 is 2.67 bits per heavy atom. The summed E-state index contributed by atoms with van der Waals surface area (Å²) in [5.74, 6) is -0.129. The Bertz CT molecular complexity index is 490. The quantitative estimate of drug-likeness (QED) is 0.743. The maximum Gasteiger partial charge on any atom is 0.239 e. The van der Waals surface area contributed by atoms with Gasteiger partial charge in [-0.15, -0.1) is 0 Å². The first-order valence-electron chi connectivity index (χ1n) is 7.32. The number of amides is 2. The van der Waals surface area contributed by atoms with Crippen LogP contribution in [0.15, 0.2) is 30.3 Å². The van der Waals surface area contributed by atoms with Gasteiger partial charge < -0.3 is 10.6 Å². The Labute approximate surface area is 125 Å². The molecular formula is C16H23N3O2. The van der Waals surface area contributed by atoms with E-state index in [2.05, 4.69) is 28.1 Å². The highest BCUT2D eigenvalue weighted by molar-refractivity contribution is 5.87. The number of hydrogen-bond donors (Lipinski definition) is 3. The highest BCUT2D eigenvalue weighted by Gasteiger charge is 2.28. The lowest BCUT2D eigenvalue weighted by Crippen LogP contribution is -2.60. The Kier molecular flexibility index (Phi) is 4.96. The van der Waals surface area contributed by atoms with Crippen molar-refractivity contribution in [3.8, 4) is 0 Å². The molecule has 114 valence electrons. The van der Waals surface area contributed by atoms with Gasteiger partial charge in [-0.25, -0.2) is 0 Å². The predicted molar refractivity (Wildman–Crippen MR) is 81.8 cm³/mol. The normalized spacial score (nSPS) is 19.0. The molecule has 0 aromatic heterocycles. The van der Waals surface area contributed by atoms with Crippen molar-refractivity contribution in [2.24, 2.45) is 0 Å². The monoisotopic (exact) mass is 289 g/mol. The fourth-order valence-electron chi connectivity index (χ4n) is 2.34. The molecule has 0 aliphatic carbocycles. The van der Waals surface area contributed by atoms with Crippen molar-refractivity contribution in [3.63, 3.8) is 0 Å². The zero-order valence-corrected chi connectivity index (χ0v) is 12.6. The lowest BCUT2D eigenvalue weighted by molar-refractivity contribution is -0.127. The van der Waals surface area contributed by atoms with E-state index in [4.69, 9.17) is 0 Å². The molecule has 1 atom stereocenters. The molecule has 0 spiro atoms. The predicted octanol–water partition coefficient (Wildman–Crippen LogP) is 0.602. The van der Waals surface area contributed by atoms with Crippen LogP contribution >= 0.6 is 0 Å². The highest BCUT2D eigenvalue weighted by Crippen LogP contribution is 2.14. The first-order valence-corrected chi connectivity index (χ1v) is 7.32. The van der Waals surface area contributed by atoms with Gasteiger partial charge in [-0.1, -0.05) is 30.3 Å². The van der Waals surface area contributed by atoms with Gasteiger partial charge in [-0.2, -0.15) is 0 Å². The number of nitrogens with one attached hydrogen (secondary N) is 3. The molecule has 1 aliphatic rings. The zero-order valence-electron chi connectivity index (χ0n) is 12.6. The first kappa shape index (κ1) is 15.5. The fraction of sp³-hybridized carbons (Fsp3) is 0.500. The summed E-state index contributed by atoms with van der Waals surface area (Å²) >= 11 is 0. The second-order valence-electron chi connectivity index (χ2n) is 6.10. The molecule has 21 heavy (non-hydrogen) atoms. The second-order valence-corrected chi connectivity index (χ2v) is 6.10. The standard InChI is InChI=1S/C16H23N3O2/c1-16(2,9-8-12-6-4-3-5-7-12)19-15(21)13-10-18-14(20)11-17-13/h3-7,13,17H,8-11H2,1-2H3,(H,18,20)(H,19,21). The molecule has 1 aromatic carbocycles. The van der Waals surface area contributed by atoms with E-state index in [0.29, 0.717) is 6.54 Å². The molecule has 0 saturated carbocycles. The number of hydrogen-bond acceptors (Lipinski definition) is 3. The largest absolute Gasteiger partial charge is 0.353 e. The van der Waals surface area contributed by atoms with Gasteiger partial charge in [-0.05, 0) is 32.3 Å². The van der Waals surface area contributed by atoms with Crippen LogP contribution in [0, 0.1) is 0 Å². The molecule has 2 amide bonds. The molecule has 1 heterocycles. The van der Waals surface area contributed by atoms with Crippen molar-refractivity contribution in [1.29, 1.82) is 0 Å². The molecule has 5 heteroatoms. The number of carbonyl (C=O) groups is 2. The molecule has 5 nitrogen and oxygen atoms in total. The van der Waals surface area contributed by atoms with E-state index in [1.54, 1.807) is 0 Å². The minimum atomic E-state index is -0.348. The second kappa shape index (κ2) is 6.72. The third kappa shape index (κ3) is 4.86. The minimum Gasteiger partial charge on any atom is -0.353 e. The van der Waals surface area contributed by atoms with Crippen molar-refractivity contribution in [2.45, 2.75) is 38.3 Å². The average Bonchev–Trinajstić information content (AvgIpc) is 2.46. The number of rotatable bonds is 5. The van der Waals surface area contributed by atoms with Gasteiger partial charge >= 0.3 is 0 Å². The van der Waals surface area contributed by atoms with E-state index in [1.807, 2.05) is 32.0 Å². The summed E-state index contributed by atoms with van der Waals surface area (Å²) in [4.78, 5) is 23.3. The van der Waals surface area contributed by atoms with Crippen LogP contribution in [0.2, 0.25) is 0 Å². The van der Waals surface area contributed by atoms with Crippen LogP contribution in [0.1, 0.15) is 25.8 Å². The van der Waals surface area contributed by atoms with Crippen LogP contribution in [0.25, 0.3) is 0 Å². The molecule has 2 rings (SSSR count). The molecule has 3 N–H and O–H groups in total. The Hall–Kier alpha value is -1.88. The molecule has 1 saturated heterocycles. The topological polar surface area (TPSA) is 70.2 Å². The Balaban J connectivity index is 1.82. The van der Waals surface area contributed by atoms with Crippen LogP contribution in [0.4, 0.5) is 0 Å². The SMILES string of the molecule is CC(C)(CCc1ccccc1)NC(=O)C1CNC(=O)CN1. The van der Waals surface area contributed by atoms with E-state index in [9.17, 15) is 9.59 Å². The van der Waals surface area contributed by atoms with E-state index in [-0.39, 0.29) is 29.9 Å². The van der Waals surface area contributed by atoms with Crippen LogP contribution in [-0.4, -0.2) is 36.5 Å². The lowest BCUT2D eigenvalue weighted by atomic mass is 9.94. The van der Waals surface area contributed by atoms with Gasteiger partial charge in [0, 0.05) is 12.1 Å². The third-order valence-electron chi connectivity index (χ3n) is 3.67.